The highest BCUT2D eigenvalue weighted by molar-refractivity contribution is 6.09. The second kappa shape index (κ2) is 7.55. The van der Waals surface area contributed by atoms with Gasteiger partial charge in [0, 0.05) is 12.8 Å². The van der Waals surface area contributed by atoms with Crippen molar-refractivity contribution in [1.29, 1.82) is 0 Å². The molecule has 0 saturated heterocycles. The first kappa shape index (κ1) is 15.3. The lowest BCUT2D eigenvalue weighted by Crippen LogP contribution is -2.45. The van der Waals surface area contributed by atoms with Gasteiger partial charge < -0.3 is 5.11 Å². The summed E-state index contributed by atoms with van der Waals surface area (Å²) in [5.41, 5.74) is -1.72. The minimum Gasteiger partial charge on any atom is -0.375 e. The fraction of sp³-hybridized carbons (Fsp3) is 0.846. The fourth-order valence-electron chi connectivity index (χ4n) is 1.76. The van der Waals surface area contributed by atoms with E-state index >= 15 is 0 Å². The van der Waals surface area contributed by atoms with E-state index in [9.17, 15) is 14.7 Å². The largest absolute Gasteiger partial charge is 0.375 e. The van der Waals surface area contributed by atoms with E-state index in [0.717, 1.165) is 25.7 Å². The third-order valence-corrected chi connectivity index (χ3v) is 3.01. The molecule has 0 radical (unpaired) electrons. The van der Waals surface area contributed by atoms with Crippen LogP contribution in [0.4, 0.5) is 0 Å². The molecule has 0 aromatic carbocycles. The van der Waals surface area contributed by atoms with Crippen LogP contribution < -0.4 is 0 Å². The predicted molar refractivity (Wildman–Crippen MR) is 64.3 cm³/mol. The Morgan fingerprint density at radius 3 is 2.06 bits per heavy atom. The summed E-state index contributed by atoms with van der Waals surface area (Å²) < 4.78 is 0. The Kier molecular flexibility index (Phi) is 7.22. The van der Waals surface area contributed by atoms with Crippen LogP contribution in [0.25, 0.3) is 0 Å². The van der Waals surface area contributed by atoms with E-state index in [4.69, 9.17) is 0 Å². The summed E-state index contributed by atoms with van der Waals surface area (Å²) in [6, 6.07) is 0. The normalized spacial score (nSPS) is 14.5. The second-order valence-corrected chi connectivity index (χ2v) is 4.22. The van der Waals surface area contributed by atoms with Crippen LogP contribution in [0.2, 0.25) is 0 Å². The number of hydrogen-bond donors (Lipinski definition) is 1. The van der Waals surface area contributed by atoms with Crippen molar-refractivity contribution in [2.24, 2.45) is 0 Å². The Morgan fingerprint density at radius 2 is 1.62 bits per heavy atom. The van der Waals surface area contributed by atoms with Crippen LogP contribution in [0, 0.1) is 0 Å². The summed E-state index contributed by atoms with van der Waals surface area (Å²) >= 11 is 0. The van der Waals surface area contributed by atoms with Crippen molar-refractivity contribution < 1.29 is 14.7 Å². The van der Waals surface area contributed by atoms with E-state index < -0.39 is 5.60 Å². The molecule has 0 fully saturated rings. The summed E-state index contributed by atoms with van der Waals surface area (Å²) in [4.78, 5) is 23.3. The number of hydrogen-bond acceptors (Lipinski definition) is 3. The van der Waals surface area contributed by atoms with Crippen LogP contribution in [0.5, 0.6) is 0 Å². The topological polar surface area (TPSA) is 54.4 Å². The predicted octanol–water partition coefficient (Wildman–Crippen LogP) is 2.65. The SMILES string of the molecule is CCCCCCC(=O)[C@@](O)(CC)C(=O)CC. The van der Waals surface area contributed by atoms with Gasteiger partial charge in [0.1, 0.15) is 0 Å². The summed E-state index contributed by atoms with van der Waals surface area (Å²) in [7, 11) is 0. The molecule has 3 nitrogen and oxygen atoms in total. The Bertz CT molecular complexity index is 235. The van der Waals surface area contributed by atoms with Gasteiger partial charge in [-0.15, -0.1) is 0 Å². The monoisotopic (exact) mass is 228 g/mol. The third kappa shape index (κ3) is 4.05. The van der Waals surface area contributed by atoms with Crippen LogP contribution in [-0.4, -0.2) is 22.3 Å². The molecule has 0 aliphatic heterocycles. The molecule has 16 heavy (non-hydrogen) atoms. The first-order valence-corrected chi connectivity index (χ1v) is 6.31. The zero-order valence-corrected chi connectivity index (χ0v) is 10.7. The van der Waals surface area contributed by atoms with Gasteiger partial charge in [-0.1, -0.05) is 40.0 Å². The molecule has 0 aromatic heterocycles. The molecule has 0 aliphatic carbocycles. The van der Waals surface area contributed by atoms with Crippen molar-refractivity contribution in [3.8, 4) is 0 Å². The minimum atomic E-state index is -1.72. The standard InChI is InChI=1S/C13H24O3/c1-4-7-8-9-10-12(15)13(16,6-3)11(14)5-2/h16H,4-10H2,1-3H3/t13-/m1/s1. The number of carbonyl (C=O) groups is 2. The maximum Gasteiger partial charge on any atom is 0.180 e. The van der Waals surface area contributed by atoms with E-state index in [1.807, 2.05) is 0 Å². The van der Waals surface area contributed by atoms with E-state index in [2.05, 4.69) is 6.92 Å². The zero-order chi connectivity index (χ0) is 12.6. The van der Waals surface area contributed by atoms with Crippen LogP contribution >= 0.6 is 0 Å². The lowest BCUT2D eigenvalue weighted by atomic mass is 9.86. The van der Waals surface area contributed by atoms with Crippen LogP contribution in [-0.2, 0) is 9.59 Å². The first-order valence-electron chi connectivity index (χ1n) is 6.31. The molecule has 0 amide bonds. The Hall–Kier alpha value is -0.700. The molecular weight excluding hydrogens is 204 g/mol. The van der Waals surface area contributed by atoms with Gasteiger partial charge >= 0.3 is 0 Å². The molecule has 1 N–H and O–H groups in total. The molecule has 0 rings (SSSR count). The molecule has 0 spiro atoms. The molecule has 0 bridgehead atoms. The van der Waals surface area contributed by atoms with E-state index in [1.54, 1.807) is 13.8 Å². The smallest absolute Gasteiger partial charge is 0.180 e. The highest BCUT2D eigenvalue weighted by Crippen LogP contribution is 2.18. The van der Waals surface area contributed by atoms with E-state index in [0.29, 0.717) is 6.42 Å². The van der Waals surface area contributed by atoms with Crippen LogP contribution in [0.1, 0.15) is 65.7 Å². The van der Waals surface area contributed by atoms with Crippen LogP contribution in [0.15, 0.2) is 0 Å². The summed E-state index contributed by atoms with van der Waals surface area (Å²) in [5.74, 6) is -0.659. The number of unbranched alkanes of at least 4 members (excludes halogenated alkanes) is 3. The van der Waals surface area contributed by atoms with Crippen molar-refractivity contribution in [2.75, 3.05) is 0 Å². The maximum atomic E-state index is 11.8. The summed E-state index contributed by atoms with van der Waals surface area (Å²) in [5, 5.41) is 10.0. The molecule has 0 unspecified atom stereocenters. The van der Waals surface area contributed by atoms with Gasteiger partial charge in [-0.25, -0.2) is 0 Å². The average molecular weight is 228 g/mol. The lowest BCUT2D eigenvalue weighted by Gasteiger charge is -2.23. The maximum absolute atomic E-state index is 11.8. The van der Waals surface area contributed by atoms with Gasteiger partial charge in [0.05, 0.1) is 0 Å². The van der Waals surface area contributed by atoms with Gasteiger partial charge in [-0.2, -0.15) is 0 Å². The molecule has 0 aliphatic rings. The number of Topliss-reactive ketones (excluding diaryl/α,β-unsaturated/α-hetero) is 2. The quantitative estimate of drug-likeness (QED) is 0.487. The van der Waals surface area contributed by atoms with Gasteiger partial charge in [0.2, 0.25) is 0 Å². The Balaban J connectivity index is 4.25. The molecule has 3 heteroatoms. The van der Waals surface area contributed by atoms with Crippen molar-refractivity contribution in [2.45, 2.75) is 71.3 Å². The zero-order valence-electron chi connectivity index (χ0n) is 10.7. The van der Waals surface area contributed by atoms with E-state index in [-0.39, 0.29) is 24.4 Å². The number of carbonyl (C=O) groups excluding carboxylic acids is 2. The summed E-state index contributed by atoms with van der Waals surface area (Å²) in [6.07, 6.45) is 4.68. The average Bonchev–Trinajstić information content (AvgIpc) is 2.32. The molecule has 0 heterocycles. The van der Waals surface area contributed by atoms with E-state index in [1.165, 1.54) is 0 Å². The molecule has 1 atom stereocenters. The van der Waals surface area contributed by atoms with Gasteiger partial charge in [0.25, 0.3) is 0 Å². The van der Waals surface area contributed by atoms with Crippen molar-refractivity contribution in [3.05, 3.63) is 0 Å². The highest BCUT2D eigenvalue weighted by Gasteiger charge is 2.39. The fourth-order valence-corrected chi connectivity index (χ4v) is 1.76. The Labute approximate surface area is 98.2 Å². The van der Waals surface area contributed by atoms with Crippen molar-refractivity contribution >= 4 is 11.6 Å². The molecule has 94 valence electrons. The minimum absolute atomic E-state index is 0.187. The molecular formula is C13H24O3. The van der Waals surface area contributed by atoms with Gasteiger partial charge in [-0.3, -0.25) is 9.59 Å². The van der Waals surface area contributed by atoms with Gasteiger partial charge in [0.15, 0.2) is 17.2 Å². The number of rotatable bonds is 9. The second-order valence-electron chi connectivity index (χ2n) is 4.22. The molecule has 0 saturated carbocycles. The van der Waals surface area contributed by atoms with Crippen molar-refractivity contribution in [1.82, 2.24) is 0 Å². The van der Waals surface area contributed by atoms with Gasteiger partial charge in [-0.05, 0) is 12.8 Å². The lowest BCUT2D eigenvalue weighted by molar-refractivity contribution is -0.151. The van der Waals surface area contributed by atoms with Crippen LogP contribution in [0.3, 0.4) is 0 Å². The Morgan fingerprint density at radius 1 is 1.00 bits per heavy atom. The number of aliphatic hydroxyl groups is 1. The summed E-state index contributed by atoms with van der Waals surface area (Å²) in [6.45, 7) is 5.45. The molecule has 0 aromatic rings. The first-order chi connectivity index (χ1) is 7.52. The number of ketones is 2. The van der Waals surface area contributed by atoms with Crippen molar-refractivity contribution in [3.63, 3.8) is 0 Å². The highest BCUT2D eigenvalue weighted by atomic mass is 16.3. The third-order valence-electron chi connectivity index (χ3n) is 3.01.